The monoisotopic (exact) mass is 222 g/mol. The van der Waals surface area contributed by atoms with Crippen LogP contribution in [0.25, 0.3) is 0 Å². The maximum atomic E-state index is 10.5. The Morgan fingerprint density at radius 1 is 1.44 bits per heavy atom. The number of aryl methyl sites for hydroxylation is 2. The van der Waals surface area contributed by atoms with E-state index >= 15 is 0 Å². The highest BCUT2D eigenvalue weighted by Crippen LogP contribution is 2.27. The van der Waals surface area contributed by atoms with Gasteiger partial charge in [0.05, 0.1) is 19.2 Å². The zero-order chi connectivity index (χ0) is 11.5. The maximum Gasteiger partial charge on any atom is 0.303 e. The molecular weight excluding hydrogens is 208 g/mol. The number of ether oxygens (including phenoxy) is 1. The lowest BCUT2D eigenvalue weighted by molar-refractivity contribution is -0.137. The Balaban J connectivity index is 2.24. The van der Waals surface area contributed by atoms with E-state index in [1.807, 2.05) is 0 Å². The molecule has 5 nitrogen and oxygen atoms in total. The quantitative estimate of drug-likeness (QED) is 0.822. The zero-order valence-electron chi connectivity index (χ0n) is 9.19. The molecular formula is C11H14N2O3. The van der Waals surface area contributed by atoms with Gasteiger partial charge in [-0.25, -0.2) is 4.98 Å². The number of hydrogen-bond acceptors (Lipinski definition) is 4. The molecule has 0 spiro atoms. The summed E-state index contributed by atoms with van der Waals surface area (Å²) >= 11 is 0. The Morgan fingerprint density at radius 2 is 2.25 bits per heavy atom. The second kappa shape index (κ2) is 4.47. The van der Waals surface area contributed by atoms with Crippen molar-refractivity contribution in [3.63, 3.8) is 0 Å². The predicted octanol–water partition coefficient (Wildman–Crippen LogP) is 0.991. The minimum absolute atomic E-state index is 0.0575. The number of fused-ring (bicyclic) bond motifs is 1. The highest BCUT2D eigenvalue weighted by molar-refractivity contribution is 5.66. The Kier molecular flexibility index (Phi) is 3.03. The molecule has 1 aromatic rings. The first kappa shape index (κ1) is 10.9. The summed E-state index contributed by atoms with van der Waals surface area (Å²) in [6, 6.07) is 0. The fourth-order valence-corrected chi connectivity index (χ4v) is 1.95. The summed E-state index contributed by atoms with van der Waals surface area (Å²) in [5.74, 6) is 0.353. The number of rotatable bonds is 4. The van der Waals surface area contributed by atoms with Crippen molar-refractivity contribution in [2.45, 2.75) is 32.1 Å². The molecule has 0 saturated heterocycles. The Bertz CT molecular complexity index is 418. The third-order valence-corrected chi connectivity index (χ3v) is 2.70. The van der Waals surface area contributed by atoms with Crippen LogP contribution in [0.1, 0.15) is 29.9 Å². The van der Waals surface area contributed by atoms with Gasteiger partial charge in [0.1, 0.15) is 5.82 Å². The minimum atomic E-state index is -0.830. The maximum absolute atomic E-state index is 10.5. The largest absolute Gasteiger partial charge is 0.481 e. The molecule has 1 aromatic heterocycles. The Labute approximate surface area is 93.5 Å². The standard InChI is InChI=1S/C11H14N2O3/c1-16-11-7-3-2-4-8(7)12-9(13-11)5-6-10(14)15/h2-6H2,1H3,(H,14,15). The average Bonchev–Trinajstić information content (AvgIpc) is 2.73. The van der Waals surface area contributed by atoms with Crippen LogP contribution in [0.2, 0.25) is 0 Å². The first-order chi connectivity index (χ1) is 7.70. The molecule has 0 bridgehead atoms. The van der Waals surface area contributed by atoms with E-state index in [1.54, 1.807) is 7.11 Å². The van der Waals surface area contributed by atoms with Crippen LogP contribution < -0.4 is 4.74 Å². The Morgan fingerprint density at radius 3 is 2.94 bits per heavy atom. The molecule has 0 atom stereocenters. The van der Waals surface area contributed by atoms with E-state index < -0.39 is 5.97 Å². The van der Waals surface area contributed by atoms with Crippen LogP contribution in [-0.4, -0.2) is 28.2 Å². The van der Waals surface area contributed by atoms with Gasteiger partial charge in [0.15, 0.2) is 0 Å². The predicted molar refractivity (Wildman–Crippen MR) is 56.6 cm³/mol. The van der Waals surface area contributed by atoms with Gasteiger partial charge in [0.25, 0.3) is 0 Å². The molecule has 1 N–H and O–H groups in total. The van der Waals surface area contributed by atoms with Gasteiger partial charge in [0.2, 0.25) is 5.88 Å². The van der Waals surface area contributed by atoms with Crippen LogP contribution in [0.15, 0.2) is 0 Å². The van der Waals surface area contributed by atoms with E-state index in [-0.39, 0.29) is 6.42 Å². The summed E-state index contributed by atoms with van der Waals surface area (Å²) < 4.78 is 5.21. The number of methoxy groups -OCH3 is 1. The van der Waals surface area contributed by atoms with Crippen molar-refractivity contribution in [3.05, 3.63) is 17.1 Å². The summed E-state index contributed by atoms with van der Waals surface area (Å²) in [5.41, 5.74) is 2.11. The molecule has 1 aliphatic rings. The summed E-state index contributed by atoms with van der Waals surface area (Å²) in [7, 11) is 1.59. The van der Waals surface area contributed by atoms with Gasteiger partial charge < -0.3 is 9.84 Å². The molecule has 0 fully saturated rings. The summed E-state index contributed by atoms with van der Waals surface area (Å²) in [5, 5.41) is 8.61. The van der Waals surface area contributed by atoms with Gasteiger partial charge in [-0.3, -0.25) is 4.79 Å². The second-order valence-corrected chi connectivity index (χ2v) is 3.82. The van der Waals surface area contributed by atoms with Crippen molar-refractivity contribution in [2.24, 2.45) is 0 Å². The minimum Gasteiger partial charge on any atom is -0.481 e. The summed E-state index contributed by atoms with van der Waals surface area (Å²) in [6.45, 7) is 0. The van der Waals surface area contributed by atoms with Crippen LogP contribution in [0, 0.1) is 0 Å². The number of carboxylic acid groups (broad SMARTS) is 1. The molecule has 16 heavy (non-hydrogen) atoms. The van der Waals surface area contributed by atoms with Crippen LogP contribution in [-0.2, 0) is 24.1 Å². The summed E-state index contributed by atoms with van der Waals surface area (Å²) in [6.07, 6.45) is 3.38. The third-order valence-electron chi connectivity index (χ3n) is 2.70. The van der Waals surface area contributed by atoms with Gasteiger partial charge in [-0.1, -0.05) is 0 Å². The topological polar surface area (TPSA) is 72.3 Å². The molecule has 0 radical (unpaired) electrons. The van der Waals surface area contributed by atoms with Gasteiger partial charge in [-0.05, 0) is 19.3 Å². The van der Waals surface area contributed by atoms with Crippen LogP contribution in [0.5, 0.6) is 5.88 Å². The first-order valence-electron chi connectivity index (χ1n) is 5.35. The van der Waals surface area contributed by atoms with Gasteiger partial charge in [-0.2, -0.15) is 4.98 Å². The molecule has 0 aromatic carbocycles. The molecule has 2 rings (SSSR count). The highest BCUT2D eigenvalue weighted by atomic mass is 16.5. The van der Waals surface area contributed by atoms with E-state index in [1.165, 1.54) is 0 Å². The van der Waals surface area contributed by atoms with E-state index in [9.17, 15) is 4.79 Å². The van der Waals surface area contributed by atoms with Gasteiger partial charge in [0, 0.05) is 12.0 Å². The summed E-state index contributed by atoms with van der Waals surface area (Å²) in [4.78, 5) is 19.1. The van der Waals surface area contributed by atoms with Crippen molar-refractivity contribution < 1.29 is 14.6 Å². The van der Waals surface area contributed by atoms with Gasteiger partial charge >= 0.3 is 5.97 Å². The molecule has 0 unspecified atom stereocenters. The molecule has 0 aliphatic heterocycles. The number of carboxylic acids is 1. The number of hydrogen-bond donors (Lipinski definition) is 1. The lowest BCUT2D eigenvalue weighted by atomic mass is 10.2. The normalized spacial score (nSPS) is 13.6. The Hall–Kier alpha value is -1.65. The van der Waals surface area contributed by atoms with E-state index in [0.29, 0.717) is 18.1 Å². The number of aromatic nitrogens is 2. The number of nitrogens with zero attached hydrogens (tertiary/aromatic N) is 2. The van der Waals surface area contributed by atoms with E-state index in [4.69, 9.17) is 9.84 Å². The molecule has 86 valence electrons. The molecule has 0 amide bonds. The lowest BCUT2D eigenvalue weighted by Crippen LogP contribution is -2.06. The van der Waals surface area contributed by atoms with Crippen molar-refractivity contribution in [1.29, 1.82) is 0 Å². The zero-order valence-corrected chi connectivity index (χ0v) is 9.19. The number of carbonyl (C=O) groups is 1. The highest BCUT2D eigenvalue weighted by Gasteiger charge is 2.19. The molecule has 1 heterocycles. The van der Waals surface area contributed by atoms with Gasteiger partial charge in [-0.15, -0.1) is 0 Å². The fourth-order valence-electron chi connectivity index (χ4n) is 1.95. The van der Waals surface area contributed by atoms with Crippen molar-refractivity contribution in [2.75, 3.05) is 7.11 Å². The average molecular weight is 222 g/mol. The van der Waals surface area contributed by atoms with Crippen molar-refractivity contribution in [3.8, 4) is 5.88 Å². The SMILES string of the molecule is COc1nc(CCC(=O)O)nc2c1CCC2. The van der Waals surface area contributed by atoms with Crippen molar-refractivity contribution in [1.82, 2.24) is 9.97 Å². The van der Waals surface area contributed by atoms with Crippen LogP contribution in [0.4, 0.5) is 0 Å². The first-order valence-corrected chi connectivity index (χ1v) is 5.35. The molecule has 0 saturated carbocycles. The molecule has 1 aliphatic carbocycles. The second-order valence-electron chi connectivity index (χ2n) is 3.82. The van der Waals surface area contributed by atoms with Crippen molar-refractivity contribution >= 4 is 5.97 Å². The fraction of sp³-hybridized carbons (Fsp3) is 0.545. The van der Waals surface area contributed by atoms with E-state index in [2.05, 4.69) is 9.97 Å². The lowest BCUT2D eigenvalue weighted by Gasteiger charge is -2.07. The molecule has 5 heteroatoms. The van der Waals surface area contributed by atoms with Crippen LogP contribution in [0.3, 0.4) is 0 Å². The van der Waals surface area contributed by atoms with E-state index in [0.717, 1.165) is 30.5 Å². The number of aliphatic carboxylic acids is 1. The smallest absolute Gasteiger partial charge is 0.303 e. The van der Waals surface area contributed by atoms with Crippen LogP contribution >= 0.6 is 0 Å². The third kappa shape index (κ3) is 2.13.